The van der Waals surface area contributed by atoms with E-state index in [-0.39, 0.29) is 11.8 Å². The summed E-state index contributed by atoms with van der Waals surface area (Å²) in [7, 11) is 0. The van der Waals surface area contributed by atoms with Crippen LogP contribution >= 0.6 is 11.3 Å². The van der Waals surface area contributed by atoms with Gasteiger partial charge in [-0.1, -0.05) is 12.2 Å². The lowest BCUT2D eigenvalue weighted by molar-refractivity contribution is -0.120. The molecule has 1 aromatic rings. The van der Waals surface area contributed by atoms with E-state index in [4.69, 9.17) is 5.26 Å². The highest BCUT2D eigenvalue weighted by Crippen LogP contribution is 2.25. The van der Waals surface area contributed by atoms with Crippen molar-refractivity contribution in [2.45, 2.75) is 19.3 Å². The van der Waals surface area contributed by atoms with Crippen LogP contribution in [0.1, 0.15) is 24.8 Å². The lowest BCUT2D eigenvalue weighted by atomic mass is 9.94. The normalized spacial score (nSPS) is 19.1. The summed E-state index contributed by atoms with van der Waals surface area (Å²) in [4.78, 5) is 11.9. The first-order valence-electron chi connectivity index (χ1n) is 5.24. The zero-order valence-electron chi connectivity index (χ0n) is 8.77. The van der Waals surface area contributed by atoms with E-state index in [0.717, 1.165) is 19.3 Å². The van der Waals surface area contributed by atoms with Crippen LogP contribution in [0.4, 0.5) is 5.00 Å². The molecule has 0 aliphatic heterocycles. The molecule has 1 N–H and O–H groups in total. The summed E-state index contributed by atoms with van der Waals surface area (Å²) in [5, 5.41) is 14.1. The molecule has 1 heterocycles. The molecule has 0 bridgehead atoms. The number of nitriles is 1. The monoisotopic (exact) mass is 232 g/mol. The quantitative estimate of drug-likeness (QED) is 0.797. The van der Waals surface area contributed by atoms with E-state index in [1.165, 1.54) is 11.3 Å². The maximum absolute atomic E-state index is 11.9. The minimum Gasteiger partial charge on any atom is -0.316 e. The van der Waals surface area contributed by atoms with E-state index in [9.17, 15) is 4.79 Å². The molecule has 1 unspecified atom stereocenters. The van der Waals surface area contributed by atoms with Crippen molar-refractivity contribution in [1.29, 1.82) is 5.26 Å². The Labute approximate surface area is 98.4 Å². The molecule has 0 saturated carbocycles. The molecule has 0 aromatic carbocycles. The standard InChI is InChI=1S/C12H12N2OS/c13-8-10-6-7-16-12(10)14-11(15)9-4-2-1-3-5-9/h1-2,6-7,9H,3-5H2,(H,14,15). The molecule has 1 aliphatic rings. The maximum Gasteiger partial charge on any atom is 0.228 e. The Bertz CT molecular complexity index is 456. The van der Waals surface area contributed by atoms with Gasteiger partial charge in [-0.2, -0.15) is 5.26 Å². The number of rotatable bonds is 2. The minimum absolute atomic E-state index is 0.0308. The molecule has 0 saturated heterocycles. The first kappa shape index (κ1) is 10.9. The van der Waals surface area contributed by atoms with Gasteiger partial charge in [-0.05, 0) is 30.7 Å². The van der Waals surface area contributed by atoms with E-state index in [0.29, 0.717) is 10.6 Å². The first-order chi connectivity index (χ1) is 7.81. The molecule has 1 aromatic heterocycles. The predicted molar refractivity (Wildman–Crippen MR) is 64.1 cm³/mol. The number of amides is 1. The van der Waals surface area contributed by atoms with Gasteiger partial charge in [0.05, 0.1) is 5.56 Å². The van der Waals surface area contributed by atoms with Crippen molar-refractivity contribution in [3.63, 3.8) is 0 Å². The molecular weight excluding hydrogens is 220 g/mol. The van der Waals surface area contributed by atoms with Crippen LogP contribution in [0, 0.1) is 17.2 Å². The molecule has 2 rings (SSSR count). The summed E-state index contributed by atoms with van der Waals surface area (Å²) < 4.78 is 0. The van der Waals surface area contributed by atoms with Crippen LogP contribution in [-0.4, -0.2) is 5.91 Å². The Morgan fingerprint density at radius 3 is 3.12 bits per heavy atom. The zero-order valence-corrected chi connectivity index (χ0v) is 9.59. The number of nitrogens with zero attached hydrogens (tertiary/aromatic N) is 1. The number of anilines is 1. The predicted octanol–water partition coefficient (Wildman–Crippen LogP) is 2.91. The SMILES string of the molecule is N#Cc1ccsc1NC(=O)C1CC=CCC1. The Morgan fingerprint density at radius 2 is 2.44 bits per heavy atom. The third-order valence-corrected chi connectivity index (χ3v) is 3.49. The van der Waals surface area contributed by atoms with Gasteiger partial charge in [0.2, 0.25) is 5.91 Å². The van der Waals surface area contributed by atoms with Crippen LogP contribution in [-0.2, 0) is 4.79 Å². The van der Waals surface area contributed by atoms with E-state index < -0.39 is 0 Å². The summed E-state index contributed by atoms with van der Waals surface area (Å²) >= 11 is 1.39. The molecule has 0 fully saturated rings. The summed E-state index contributed by atoms with van der Waals surface area (Å²) in [6.07, 6.45) is 6.82. The number of thiophene rings is 1. The maximum atomic E-state index is 11.9. The van der Waals surface area contributed by atoms with Crippen LogP contribution in [0.25, 0.3) is 0 Å². The fraction of sp³-hybridized carbons (Fsp3) is 0.333. The molecule has 16 heavy (non-hydrogen) atoms. The highest BCUT2D eigenvalue weighted by atomic mass is 32.1. The number of carbonyl (C=O) groups is 1. The summed E-state index contributed by atoms with van der Waals surface area (Å²) in [5.41, 5.74) is 0.546. The molecule has 1 aliphatic carbocycles. The van der Waals surface area contributed by atoms with Crippen molar-refractivity contribution in [1.82, 2.24) is 0 Å². The summed E-state index contributed by atoms with van der Waals surface area (Å²) in [6, 6.07) is 3.79. The van der Waals surface area contributed by atoms with Gasteiger partial charge in [-0.25, -0.2) is 0 Å². The van der Waals surface area contributed by atoms with Gasteiger partial charge in [0.25, 0.3) is 0 Å². The van der Waals surface area contributed by atoms with E-state index in [2.05, 4.69) is 17.5 Å². The van der Waals surface area contributed by atoms with Crippen molar-refractivity contribution in [2.24, 2.45) is 5.92 Å². The van der Waals surface area contributed by atoms with E-state index >= 15 is 0 Å². The Balaban J connectivity index is 2.02. The van der Waals surface area contributed by atoms with Gasteiger partial charge >= 0.3 is 0 Å². The second-order valence-electron chi connectivity index (χ2n) is 3.75. The Hall–Kier alpha value is -1.60. The zero-order chi connectivity index (χ0) is 11.4. The number of carbonyl (C=O) groups excluding carboxylic acids is 1. The fourth-order valence-corrected chi connectivity index (χ4v) is 2.48. The van der Waals surface area contributed by atoms with Crippen molar-refractivity contribution in [2.75, 3.05) is 5.32 Å². The minimum atomic E-state index is 0.0308. The van der Waals surface area contributed by atoms with Gasteiger partial charge in [-0.3, -0.25) is 4.79 Å². The highest BCUT2D eigenvalue weighted by molar-refractivity contribution is 7.14. The van der Waals surface area contributed by atoms with Gasteiger partial charge in [0.1, 0.15) is 11.1 Å². The van der Waals surface area contributed by atoms with Gasteiger partial charge in [0, 0.05) is 5.92 Å². The smallest absolute Gasteiger partial charge is 0.228 e. The van der Waals surface area contributed by atoms with E-state index in [1.54, 1.807) is 6.07 Å². The summed E-state index contributed by atoms with van der Waals surface area (Å²) in [6.45, 7) is 0. The molecular formula is C12H12N2OS. The summed E-state index contributed by atoms with van der Waals surface area (Å²) in [5.74, 6) is 0.0851. The Kier molecular flexibility index (Phi) is 3.37. The third-order valence-electron chi connectivity index (χ3n) is 2.66. The first-order valence-corrected chi connectivity index (χ1v) is 6.12. The molecule has 0 radical (unpaired) electrons. The average Bonchev–Trinajstić information content (AvgIpc) is 2.77. The van der Waals surface area contributed by atoms with Crippen LogP contribution in [0.5, 0.6) is 0 Å². The molecule has 82 valence electrons. The molecule has 1 atom stereocenters. The second-order valence-corrected chi connectivity index (χ2v) is 4.66. The van der Waals surface area contributed by atoms with Crippen LogP contribution in [0.3, 0.4) is 0 Å². The van der Waals surface area contributed by atoms with Gasteiger partial charge in [-0.15, -0.1) is 11.3 Å². The average molecular weight is 232 g/mol. The number of allylic oxidation sites excluding steroid dienone is 2. The highest BCUT2D eigenvalue weighted by Gasteiger charge is 2.19. The van der Waals surface area contributed by atoms with Crippen LogP contribution in [0.2, 0.25) is 0 Å². The molecule has 4 heteroatoms. The second kappa shape index (κ2) is 4.95. The molecule has 0 spiro atoms. The largest absolute Gasteiger partial charge is 0.316 e. The fourth-order valence-electron chi connectivity index (χ4n) is 1.74. The van der Waals surface area contributed by atoms with Crippen LogP contribution < -0.4 is 5.32 Å². The van der Waals surface area contributed by atoms with Gasteiger partial charge < -0.3 is 5.32 Å². The number of hydrogen-bond donors (Lipinski definition) is 1. The topological polar surface area (TPSA) is 52.9 Å². The lowest BCUT2D eigenvalue weighted by Crippen LogP contribution is -2.23. The number of hydrogen-bond acceptors (Lipinski definition) is 3. The van der Waals surface area contributed by atoms with Crippen LogP contribution in [0.15, 0.2) is 23.6 Å². The number of nitrogens with one attached hydrogen (secondary N) is 1. The van der Waals surface area contributed by atoms with Crippen molar-refractivity contribution < 1.29 is 4.79 Å². The van der Waals surface area contributed by atoms with Crippen molar-refractivity contribution in [3.8, 4) is 6.07 Å². The van der Waals surface area contributed by atoms with Gasteiger partial charge in [0.15, 0.2) is 0 Å². The van der Waals surface area contributed by atoms with Crippen molar-refractivity contribution >= 4 is 22.2 Å². The van der Waals surface area contributed by atoms with Crippen molar-refractivity contribution in [3.05, 3.63) is 29.2 Å². The molecule has 1 amide bonds. The molecule has 3 nitrogen and oxygen atoms in total. The third kappa shape index (κ3) is 2.31. The lowest BCUT2D eigenvalue weighted by Gasteiger charge is -2.16. The van der Waals surface area contributed by atoms with E-state index in [1.807, 2.05) is 11.5 Å². The Morgan fingerprint density at radius 1 is 1.56 bits per heavy atom.